The molecule has 7 heterocycles. The number of para-hydroxylation sites is 2. The number of piperidine rings is 2. The van der Waals surface area contributed by atoms with Crippen molar-refractivity contribution < 1.29 is 28.7 Å². The monoisotopic (exact) mass is 687 g/mol. The lowest BCUT2D eigenvalue weighted by Gasteiger charge is -2.46. The van der Waals surface area contributed by atoms with Crippen LogP contribution in [0.3, 0.4) is 0 Å². The number of rotatable bonds is 5. The number of hydrogen-bond acceptors (Lipinski definition) is 6. The summed E-state index contributed by atoms with van der Waals surface area (Å²) in [7, 11) is 2.97. The minimum atomic E-state index is -0.342. The molecule has 2 fully saturated rings. The summed E-state index contributed by atoms with van der Waals surface area (Å²) in [5.41, 5.74) is 10.5. The smallest absolute Gasteiger partial charge is 0.337 e. The molecule has 0 radical (unpaired) electrons. The van der Waals surface area contributed by atoms with E-state index < -0.39 is 0 Å². The molecule has 2 aromatic heterocycles. The first kappa shape index (κ1) is 32.3. The summed E-state index contributed by atoms with van der Waals surface area (Å²) in [5, 5.41) is 2.49. The highest BCUT2D eigenvalue weighted by molar-refractivity contribution is 5.95. The predicted molar refractivity (Wildman–Crippen MR) is 195 cm³/mol. The van der Waals surface area contributed by atoms with Gasteiger partial charge in [0.2, 0.25) is 0 Å². The van der Waals surface area contributed by atoms with Crippen molar-refractivity contribution in [3.05, 3.63) is 101 Å². The van der Waals surface area contributed by atoms with Crippen LogP contribution < -0.4 is 4.90 Å². The summed E-state index contributed by atoms with van der Waals surface area (Å²) in [5.74, 6) is -0.571. The lowest BCUT2D eigenvalue weighted by Crippen LogP contribution is -3.11. The third-order valence-electron chi connectivity index (χ3n) is 12.9. The third-order valence-corrected chi connectivity index (χ3v) is 12.9. The zero-order valence-electron chi connectivity index (χ0n) is 29.8. The average molecular weight is 688 g/mol. The molecule has 0 aliphatic carbocycles. The van der Waals surface area contributed by atoms with Crippen LogP contribution in [0.1, 0.15) is 67.7 Å². The van der Waals surface area contributed by atoms with Gasteiger partial charge in [0.25, 0.3) is 0 Å². The minimum absolute atomic E-state index is 0.0203. The molecule has 9 nitrogen and oxygen atoms in total. The molecule has 0 spiro atoms. The highest BCUT2D eigenvalue weighted by atomic mass is 16.5. The minimum Gasteiger partial charge on any atom is -0.497 e. The largest absolute Gasteiger partial charge is 0.497 e. The number of ether oxygens (including phenoxy) is 3. The number of H-pyrrole nitrogens is 2. The number of methoxy groups -OCH3 is 2. The number of benzene rings is 2. The Bertz CT molecular complexity index is 2140. The molecule has 5 aliphatic rings. The summed E-state index contributed by atoms with van der Waals surface area (Å²) in [4.78, 5) is 38.5. The number of aromatic amines is 2. The maximum Gasteiger partial charge on any atom is 0.337 e. The number of nitrogens with one attached hydrogen (secondary N) is 3. The molecule has 5 aliphatic heterocycles. The molecule has 0 bridgehead atoms. The number of nitrogens with zero attached hydrogens (tertiary/aromatic N) is 1. The quantitative estimate of drug-likeness (QED) is 0.182. The van der Waals surface area contributed by atoms with Crippen molar-refractivity contribution in [3.63, 3.8) is 0 Å². The van der Waals surface area contributed by atoms with E-state index in [2.05, 4.69) is 89.5 Å². The molecule has 2 saturated heterocycles. The van der Waals surface area contributed by atoms with Gasteiger partial charge >= 0.3 is 11.9 Å². The number of carbonyl (C=O) groups is 2. The van der Waals surface area contributed by atoms with Gasteiger partial charge in [0.1, 0.15) is 12.1 Å². The van der Waals surface area contributed by atoms with E-state index in [9.17, 15) is 9.59 Å². The molecule has 8 atom stereocenters. The van der Waals surface area contributed by atoms with Crippen LogP contribution in [0.5, 0.6) is 0 Å². The summed E-state index contributed by atoms with van der Waals surface area (Å²) in [6, 6.07) is 17.5. The molecule has 9 rings (SSSR count). The van der Waals surface area contributed by atoms with Gasteiger partial charge in [0.15, 0.2) is 0 Å². The normalized spacial score (nSPS) is 29.8. The summed E-state index contributed by atoms with van der Waals surface area (Å²) in [6.45, 7) is 6.90. The fourth-order valence-electron chi connectivity index (χ4n) is 10.4. The van der Waals surface area contributed by atoms with E-state index in [1.807, 2.05) is 0 Å². The lowest BCUT2D eigenvalue weighted by atomic mass is 9.70. The lowest BCUT2D eigenvalue weighted by molar-refractivity contribution is -0.894. The highest BCUT2D eigenvalue weighted by Gasteiger charge is 2.51. The fourth-order valence-corrected chi connectivity index (χ4v) is 10.4. The van der Waals surface area contributed by atoms with Gasteiger partial charge in [0, 0.05) is 64.1 Å². The first-order valence-electron chi connectivity index (χ1n) is 18.6. The van der Waals surface area contributed by atoms with Crippen molar-refractivity contribution in [2.45, 2.75) is 57.7 Å². The predicted octanol–water partition coefficient (Wildman–Crippen LogP) is 5.79. The molecule has 9 heteroatoms. The summed E-state index contributed by atoms with van der Waals surface area (Å²) >= 11 is 0. The Hall–Kier alpha value is -4.60. The van der Waals surface area contributed by atoms with Gasteiger partial charge in [-0.1, -0.05) is 48.0 Å². The van der Waals surface area contributed by atoms with Crippen molar-refractivity contribution in [1.82, 2.24) is 14.9 Å². The number of allylic oxidation sites excluding steroid dienone is 2. The van der Waals surface area contributed by atoms with Crippen molar-refractivity contribution in [2.24, 2.45) is 23.7 Å². The van der Waals surface area contributed by atoms with E-state index in [1.54, 1.807) is 6.26 Å². The van der Waals surface area contributed by atoms with Crippen LogP contribution in [0.25, 0.3) is 27.4 Å². The average Bonchev–Trinajstić information content (AvgIpc) is 3.75. The van der Waals surface area contributed by atoms with Crippen LogP contribution >= 0.6 is 0 Å². The zero-order valence-corrected chi connectivity index (χ0v) is 29.8. The van der Waals surface area contributed by atoms with Crippen molar-refractivity contribution in [2.75, 3.05) is 33.9 Å². The van der Waals surface area contributed by atoms with Gasteiger partial charge in [-0.25, -0.2) is 4.79 Å². The van der Waals surface area contributed by atoms with E-state index in [0.717, 1.165) is 44.4 Å². The Balaban J connectivity index is 1.10. The summed E-state index contributed by atoms with van der Waals surface area (Å²) < 4.78 is 16.9. The third kappa shape index (κ3) is 5.11. The Morgan fingerprint density at radius 1 is 1.02 bits per heavy atom. The molecular formula is C42H47N4O5+. The summed E-state index contributed by atoms with van der Waals surface area (Å²) in [6.07, 6.45) is 9.51. The fraction of sp³-hybridized carbons (Fsp3) is 0.429. The van der Waals surface area contributed by atoms with Gasteiger partial charge in [-0.15, -0.1) is 0 Å². The Morgan fingerprint density at radius 2 is 1.76 bits per heavy atom. The number of hydrogen-bond donors (Lipinski definition) is 3. The van der Waals surface area contributed by atoms with Gasteiger partial charge < -0.3 is 29.1 Å². The molecule has 0 saturated carbocycles. The number of aromatic nitrogens is 2. The second kappa shape index (κ2) is 12.6. The number of esters is 2. The first-order chi connectivity index (χ1) is 24.9. The van der Waals surface area contributed by atoms with Crippen LogP contribution in [0.15, 0.2) is 78.2 Å². The molecular weight excluding hydrogens is 640 g/mol. The number of carbonyl (C=O) groups excluding carboxylic acids is 2. The maximum absolute atomic E-state index is 14.1. The number of quaternary nitrogens is 1. The molecule has 4 aromatic rings. The van der Waals surface area contributed by atoms with Crippen molar-refractivity contribution in [1.29, 1.82) is 0 Å². The highest BCUT2D eigenvalue weighted by Crippen LogP contribution is 2.49. The van der Waals surface area contributed by atoms with E-state index in [1.165, 1.54) is 69.1 Å². The van der Waals surface area contributed by atoms with E-state index in [4.69, 9.17) is 14.2 Å². The number of fused-ring (bicyclic) bond motifs is 11. The van der Waals surface area contributed by atoms with Crippen LogP contribution in [-0.4, -0.2) is 66.8 Å². The van der Waals surface area contributed by atoms with E-state index in [0.29, 0.717) is 12.0 Å². The van der Waals surface area contributed by atoms with Crippen LogP contribution in [0.2, 0.25) is 0 Å². The molecule has 8 unspecified atom stereocenters. The topological polar surface area (TPSA) is 101 Å². The Labute approximate surface area is 298 Å². The van der Waals surface area contributed by atoms with Gasteiger partial charge in [0.05, 0.1) is 62.4 Å². The molecule has 0 amide bonds. The maximum atomic E-state index is 14.1. The Kier molecular flexibility index (Phi) is 7.96. The SMILES string of the molecule is CC=C1CN2CCc3c([nH]c4ccccc34)C2CC1C(CC1=C[NH+]2CC3C(C)OC=C(C(=O)OC)C3CC2c2[nH]c3ccccc3c21)C(=O)OC. The molecule has 51 heavy (non-hydrogen) atoms. The van der Waals surface area contributed by atoms with Crippen LogP contribution in [0.4, 0.5) is 0 Å². The van der Waals surface area contributed by atoms with Gasteiger partial charge in [-0.3, -0.25) is 9.69 Å². The zero-order chi connectivity index (χ0) is 35.0. The van der Waals surface area contributed by atoms with Gasteiger partial charge in [-0.05, 0) is 56.7 Å². The van der Waals surface area contributed by atoms with Crippen molar-refractivity contribution >= 4 is 39.3 Å². The molecule has 264 valence electrons. The second-order valence-corrected chi connectivity index (χ2v) is 15.2. The van der Waals surface area contributed by atoms with E-state index in [-0.39, 0.29) is 53.8 Å². The Morgan fingerprint density at radius 3 is 2.53 bits per heavy atom. The standard InChI is InChI=1S/C42H46N4O5/c1-5-24-19-45-15-14-27-26-10-6-8-12-34(26)43-39(27)36(45)17-29(24)31(41(47)49-3)16-25-20-46-21-32-23(2)51-22-33(42(48)50-4)30(32)18-37(46)40-38(25)28-11-7-9-13-35(28)44-40/h5-13,20,22-23,29-32,36-37,43-44H,14-19,21H2,1-4H3/p+1. The molecule has 2 aromatic carbocycles. The van der Waals surface area contributed by atoms with Crippen LogP contribution in [0, 0.1) is 23.7 Å². The van der Waals surface area contributed by atoms with Crippen molar-refractivity contribution in [3.8, 4) is 0 Å². The van der Waals surface area contributed by atoms with E-state index >= 15 is 0 Å². The molecule has 3 N–H and O–H groups in total. The van der Waals surface area contributed by atoms with Crippen LogP contribution in [-0.2, 0) is 30.2 Å². The first-order valence-corrected chi connectivity index (χ1v) is 18.6. The van der Waals surface area contributed by atoms with Gasteiger partial charge in [-0.2, -0.15) is 0 Å². The second-order valence-electron chi connectivity index (χ2n) is 15.2.